The Bertz CT molecular complexity index is 429. The minimum atomic E-state index is -4.34. The third-order valence-electron chi connectivity index (χ3n) is 2.32. The van der Waals surface area contributed by atoms with E-state index in [1.54, 1.807) is 13.8 Å². The van der Waals surface area contributed by atoms with Crippen LogP contribution in [0.15, 0.2) is 18.3 Å². The minimum absolute atomic E-state index is 0.0809. The van der Waals surface area contributed by atoms with Gasteiger partial charge in [-0.25, -0.2) is 4.98 Å². The van der Waals surface area contributed by atoms with Gasteiger partial charge >= 0.3 is 6.18 Å². The van der Waals surface area contributed by atoms with Crippen LogP contribution in [0.4, 0.5) is 19.0 Å². The fraction of sp³-hybridized carbons (Fsp3) is 0.455. The molecule has 4 nitrogen and oxygen atoms in total. The van der Waals surface area contributed by atoms with Crippen LogP contribution in [0, 0.1) is 5.41 Å². The normalized spacial score (nSPS) is 11.7. The van der Waals surface area contributed by atoms with E-state index >= 15 is 0 Å². The maximum Gasteiger partial charge on any atom is 0.405 e. The number of amidine groups is 1. The van der Waals surface area contributed by atoms with Crippen molar-refractivity contribution in [3.05, 3.63) is 23.9 Å². The Hall–Kier alpha value is -1.79. The largest absolute Gasteiger partial charge is 0.405 e. The molecule has 0 aliphatic rings. The lowest BCUT2D eigenvalue weighted by Gasteiger charge is -2.30. The zero-order valence-corrected chi connectivity index (χ0v) is 10.1. The second-order valence-electron chi connectivity index (χ2n) is 4.13. The number of nitrogens with zero attached hydrogens (tertiary/aromatic N) is 2. The van der Waals surface area contributed by atoms with Crippen LogP contribution < -0.4 is 10.6 Å². The quantitative estimate of drug-likeness (QED) is 0.644. The third kappa shape index (κ3) is 3.61. The van der Waals surface area contributed by atoms with E-state index in [4.69, 9.17) is 11.1 Å². The van der Waals surface area contributed by atoms with Gasteiger partial charge < -0.3 is 10.6 Å². The number of hydrogen-bond donors (Lipinski definition) is 2. The number of aromatic nitrogens is 1. The van der Waals surface area contributed by atoms with E-state index in [1.807, 2.05) is 0 Å². The Labute approximate surface area is 103 Å². The minimum Gasteiger partial charge on any atom is -0.384 e. The summed E-state index contributed by atoms with van der Waals surface area (Å²) in [6, 6.07) is 2.61. The van der Waals surface area contributed by atoms with Crippen molar-refractivity contribution in [2.24, 2.45) is 5.73 Å². The predicted octanol–water partition coefficient (Wildman–Crippen LogP) is 2.14. The second kappa shape index (κ2) is 5.24. The van der Waals surface area contributed by atoms with Crippen LogP contribution in [0.25, 0.3) is 0 Å². The van der Waals surface area contributed by atoms with E-state index in [2.05, 4.69) is 4.98 Å². The van der Waals surface area contributed by atoms with Gasteiger partial charge in [-0.2, -0.15) is 13.2 Å². The molecule has 0 amide bonds. The van der Waals surface area contributed by atoms with Crippen molar-refractivity contribution in [1.82, 2.24) is 4.98 Å². The standard InChI is InChI=1S/C11H15F3N4/c1-7(2)18(6-11(12,13)14)10-8(9(15)16)4-3-5-17-10/h3-5,7H,6H2,1-2H3,(H3,15,16). The molecule has 0 unspecified atom stereocenters. The van der Waals surface area contributed by atoms with Gasteiger partial charge in [0.1, 0.15) is 18.2 Å². The van der Waals surface area contributed by atoms with Gasteiger partial charge in [-0.1, -0.05) is 0 Å². The lowest BCUT2D eigenvalue weighted by atomic mass is 10.2. The molecule has 0 aromatic carbocycles. The van der Waals surface area contributed by atoms with Crippen LogP contribution in [-0.4, -0.2) is 29.6 Å². The van der Waals surface area contributed by atoms with Crippen molar-refractivity contribution in [2.75, 3.05) is 11.4 Å². The van der Waals surface area contributed by atoms with Crippen molar-refractivity contribution in [2.45, 2.75) is 26.1 Å². The number of alkyl halides is 3. The molecule has 1 rings (SSSR count). The molecule has 1 heterocycles. The molecule has 0 aliphatic carbocycles. The van der Waals surface area contributed by atoms with E-state index in [1.165, 1.54) is 18.3 Å². The van der Waals surface area contributed by atoms with Gasteiger partial charge in [0.15, 0.2) is 0 Å². The average Bonchev–Trinajstić information content (AvgIpc) is 2.24. The number of rotatable bonds is 4. The van der Waals surface area contributed by atoms with Gasteiger partial charge in [0.05, 0.1) is 5.56 Å². The first kappa shape index (κ1) is 14.3. The molecule has 1 aromatic rings. The Morgan fingerprint density at radius 3 is 2.56 bits per heavy atom. The van der Waals surface area contributed by atoms with Gasteiger partial charge in [-0.3, -0.25) is 5.41 Å². The number of nitrogens with two attached hydrogens (primary N) is 1. The van der Waals surface area contributed by atoms with E-state index < -0.39 is 18.8 Å². The first-order valence-electron chi connectivity index (χ1n) is 5.35. The molecule has 7 heteroatoms. The fourth-order valence-electron chi connectivity index (χ4n) is 1.53. The number of anilines is 1. The van der Waals surface area contributed by atoms with Crippen molar-refractivity contribution >= 4 is 11.7 Å². The average molecular weight is 260 g/mol. The molecule has 0 saturated heterocycles. The summed E-state index contributed by atoms with van der Waals surface area (Å²) >= 11 is 0. The Morgan fingerprint density at radius 1 is 1.50 bits per heavy atom. The smallest absolute Gasteiger partial charge is 0.384 e. The molecule has 0 radical (unpaired) electrons. The lowest BCUT2D eigenvalue weighted by molar-refractivity contribution is -0.120. The Morgan fingerprint density at radius 2 is 2.11 bits per heavy atom. The second-order valence-corrected chi connectivity index (χ2v) is 4.13. The molecule has 0 aliphatic heterocycles. The molecule has 0 spiro atoms. The molecular formula is C11H15F3N4. The zero-order chi connectivity index (χ0) is 13.9. The van der Waals surface area contributed by atoms with Crippen molar-refractivity contribution in [1.29, 1.82) is 5.41 Å². The highest BCUT2D eigenvalue weighted by atomic mass is 19.4. The van der Waals surface area contributed by atoms with E-state index in [-0.39, 0.29) is 17.2 Å². The van der Waals surface area contributed by atoms with Gasteiger partial charge in [-0.05, 0) is 26.0 Å². The number of halogens is 3. The Balaban J connectivity index is 3.18. The molecule has 18 heavy (non-hydrogen) atoms. The molecule has 1 aromatic heterocycles. The summed E-state index contributed by atoms with van der Waals surface area (Å²) < 4.78 is 37.6. The zero-order valence-electron chi connectivity index (χ0n) is 10.1. The highest BCUT2D eigenvalue weighted by molar-refractivity contribution is 5.99. The highest BCUT2D eigenvalue weighted by Gasteiger charge is 2.33. The van der Waals surface area contributed by atoms with Crippen LogP contribution in [0.2, 0.25) is 0 Å². The van der Waals surface area contributed by atoms with Crippen LogP contribution in [-0.2, 0) is 0 Å². The molecule has 0 saturated carbocycles. The van der Waals surface area contributed by atoms with Crippen molar-refractivity contribution in [3.8, 4) is 0 Å². The summed E-state index contributed by atoms with van der Waals surface area (Å²) in [5.41, 5.74) is 5.56. The van der Waals surface area contributed by atoms with Gasteiger partial charge in [-0.15, -0.1) is 0 Å². The first-order valence-corrected chi connectivity index (χ1v) is 5.35. The summed E-state index contributed by atoms with van der Waals surface area (Å²) in [5, 5.41) is 7.37. The predicted molar refractivity (Wildman–Crippen MR) is 63.8 cm³/mol. The SMILES string of the molecule is CC(C)N(CC(F)(F)F)c1ncccc1C(=N)N. The van der Waals surface area contributed by atoms with E-state index in [0.29, 0.717) is 0 Å². The van der Waals surface area contributed by atoms with Gasteiger partial charge in [0.25, 0.3) is 0 Å². The molecule has 100 valence electrons. The third-order valence-corrected chi connectivity index (χ3v) is 2.32. The molecule has 0 bridgehead atoms. The maximum absolute atomic E-state index is 12.5. The van der Waals surface area contributed by atoms with E-state index in [9.17, 15) is 13.2 Å². The van der Waals surface area contributed by atoms with Crippen molar-refractivity contribution in [3.63, 3.8) is 0 Å². The number of nitrogens with one attached hydrogen (secondary N) is 1. The summed E-state index contributed by atoms with van der Waals surface area (Å²) in [7, 11) is 0. The number of nitrogen functional groups attached to an aromatic ring is 1. The molecule has 3 N–H and O–H groups in total. The Kier molecular flexibility index (Phi) is 4.15. The van der Waals surface area contributed by atoms with Crippen LogP contribution >= 0.6 is 0 Å². The van der Waals surface area contributed by atoms with Crippen molar-refractivity contribution < 1.29 is 13.2 Å². The van der Waals surface area contributed by atoms with Crippen LogP contribution in [0.3, 0.4) is 0 Å². The summed E-state index contributed by atoms with van der Waals surface area (Å²) in [4.78, 5) is 4.99. The highest BCUT2D eigenvalue weighted by Crippen LogP contribution is 2.25. The van der Waals surface area contributed by atoms with Crippen LogP contribution in [0.5, 0.6) is 0 Å². The summed E-state index contributed by atoms with van der Waals surface area (Å²) in [6.07, 6.45) is -2.95. The topological polar surface area (TPSA) is 66.0 Å². The fourth-order valence-corrected chi connectivity index (χ4v) is 1.53. The lowest BCUT2D eigenvalue weighted by Crippen LogP contribution is -2.40. The van der Waals surface area contributed by atoms with E-state index in [0.717, 1.165) is 4.90 Å². The summed E-state index contributed by atoms with van der Waals surface area (Å²) in [6.45, 7) is 2.14. The first-order chi connectivity index (χ1) is 8.22. The number of hydrogen-bond acceptors (Lipinski definition) is 3. The molecule has 0 fully saturated rings. The van der Waals surface area contributed by atoms with Gasteiger partial charge in [0.2, 0.25) is 0 Å². The van der Waals surface area contributed by atoms with Gasteiger partial charge in [0, 0.05) is 12.2 Å². The maximum atomic E-state index is 12.5. The monoisotopic (exact) mass is 260 g/mol. The molecular weight excluding hydrogens is 245 g/mol. The summed E-state index contributed by atoms with van der Waals surface area (Å²) in [5.74, 6) is -0.219. The molecule has 0 atom stereocenters. The van der Waals surface area contributed by atoms with Crippen LogP contribution in [0.1, 0.15) is 19.4 Å². The number of pyridine rings is 1.